The summed E-state index contributed by atoms with van der Waals surface area (Å²) in [6, 6.07) is 32.1. The number of rotatable bonds is 8. The second kappa shape index (κ2) is 13.1. The highest BCUT2D eigenvalue weighted by Crippen LogP contribution is 2.33. The maximum Gasteiger partial charge on any atom is 0.410 e. The van der Waals surface area contributed by atoms with Gasteiger partial charge in [-0.1, -0.05) is 84.6 Å². The number of para-hydroxylation sites is 1. The van der Waals surface area contributed by atoms with Crippen molar-refractivity contribution in [3.8, 4) is 0 Å². The lowest BCUT2D eigenvalue weighted by atomic mass is 9.86. The molecule has 1 aromatic heterocycles. The second-order valence-electron chi connectivity index (χ2n) is 12.1. The van der Waals surface area contributed by atoms with Gasteiger partial charge in [0.2, 0.25) is 0 Å². The van der Waals surface area contributed by atoms with Crippen LogP contribution < -0.4 is 0 Å². The first-order chi connectivity index (χ1) is 20.8. The molecule has 5 aromatic rings. The zero-order chi connectivity index (χ0) is 29.8. The lowest BCUT2D eigenvalue weighted by Crippen LogP contribution is -2.48. The monoisotopic (exact) mass is 610 g/mol. The number of amides is 1. The summed E-state index contributed by atoms with van der Waals surface area (Å²) in [7, 11) is 0. The number of hydrogen-bond donors (Lipinski definition) is 0. The first-order valence-corrected chi connectivity index (χ1v) is 16.8. The number of piperidine rings is 1. The third kappa shape index (κ3) is 7.58. The first kappa shape index (κ1) is 29.7. The molecule has 2 unspecified atom stereocenters. The Bertz CT molecular complexity index is 1660. The van der Waals surface area contributed by atoms with Crippen molar-refractivity contribution in [3.05, 3.63) is 108 Å². The molecule has 1 saturated heterocycles. The third-order valence-corrected chi connectivity index (χ3v) is 9.97. The van der Waals surface area contributed by atoms with Crippen LogP contribution in [0.2, 0.25) is 0 Å². The fourth-order valence-corrected chi connectivity index (χ4v) is 7.72. The molecular formula is C36H38N2O3S2. The Morgan fingerprint density at radius 2 is 1.70 bits per heavy atom. The number of hydrogen-bond acceptors (Lipinski definition) is 6. The second-order valence-corrected chi connectivity index (χ2v) is 14.5. The molecule has 1 amide bonds. The summed E-state index contributed by atoms with van der Waals surface area (Å²) >= 11 is 3.59. The van der Waals surface area contributed by atoms with Gasteiger partial charge in [0.1, 0.15) is 5.60 Å². The molecule has 0 spiro atoms. The van der Waals surface area contributed by atoms with Crippen molar-refractivity contribution >= 4 is 50.2 Å². The summed E-state index contributed by atoms with van der Waals surface area (Å²) in [6.07, 6.45) is 1.41. The molecule has 7 heteroatoms. The van der Waals surface area contributed by atoms with Crippen LogP contribution in [0.25, 0.3) is 21.0 Å². The Kier molecular flexibility index (Phi) is 9.03. The van der Waals surface area contributed by atoms with Gasteiger partial charge < -0.3 is 14.4 Å². The van der Waals surface area contributed by atoms with Crippen molar-refractivity contribution in [2.24, 2.45) is 0 Å². The molecule has 1 aliphatic rings. The molecule has 2 atom stereocenters. The van der Waals surface area contributed by atoms with Crippen LogP contribution >= 0.6 is 23.1 Å². The topological polar surface area (TPSA) is 51.7 Å². The van der Waals surface area contributed by atoms with Crippen molar-refractivity contribution in [2.45, 2.75) is 62.2 Å². The fraction of sp³-hybridized carbons (Fsp3) is 0.333. The van der Waals surface area contributed by atoms with Crippen molar-refractivity contribution in [2.75, 3.05) is 18.8 Å². The molecule has 0 aliphatic carbocycles. The number of carbonyl (C=O) groups is 1. The molecule has 0 saturated carbocycles. The summed E-state index contributed by atoms with van der Waals surface area (Å²) in [5.74, 6) is 1.19. The Morgan fingerprint density at radius 1 is 0.953 bits per heavy atom. The Labute approximate surface area is 262 Å². The number of thioether (sulfide) groups is 1. The van der Waals surface area contributed by atoms with Gasteiger partial charge in [0.05, 0.1) is 29.5 Å². The molecule has 43 heavy (non-hydrogen) atoms. The molecule has 6 rings (SSSR count). The van der Waals surface area contributed by atoms with Gasteiger partial charge in [-0.15, -0.1) is 11.3 Å². The molecule has 0 radical (unpaired) electrons. The number of aryl methyl sites for hydroxylation is 1. The fourth-order valence-electron chi connectivity index (χ4n) is 5.59. The van der Waals surface area contributed by atoms with Crippen molar-refractivity contribution < 1.29 is 14.3 Å². The number of benzene rings is 4. The van der Waals surface area contributed by atoms with Crippen LogP contribution in [0, 0.1) is 0 Å². The van der Waals surface area contributed by atoms with Crippen LogP contribution in [0.15, 0.2) is 95.3 Å². The molecule has 5 nitrogen and oxygen atoms in total. The highest BCUT2D eigenvalue weighted by Gasteiger charge is 2.35. The van der Waals surface area contributed by atoms with E-state index in [2.05, 4.69) is 84.9 Å². The summed E-state index contributed by atoms with van der Waals surface area (Å²) in [6.45, 7) is 7.37. The summed E-state index contributed by atoms with van der Waals surface area (Å²) in [4.78, 5) is 19.5. The van der Waals surface area contributed by atoms with Gasteiger partial charge in [0.15, 0.2) is 4.34 Å². The van der Waals surface area contributed by atoms with E-state index in [4.69, 9.17) is 14.5 Å². The maximum absolute atomic E-state index is 13.0. The molecule has 0 bridgehead atoms. The first-order valence-electron chi connectivity index (χ1n) is 15.0. The average Bonchev–Trinajstić information content (AvgIpc) is 3.42. The minimum atomic E-state index is -0.531. The predicted molar refractivity (Wildman–Crippen MR) is 178 cm³/mol. The third-order valence-electron chi connectivity index (χ3n) is 7.79. The van der Waals surface area contributed by atoms with E-state index >= 15 is 0 Å². The van der Waals surface area contributed by atoms with Crippen molar-refractivity contribution in [1.82, 2.24) is 9.88 Å². The van der Waals surface area contributed by atoms with Gasteiger partial charge in [0, 0.05) is 18.2 Å². The van der Waals surface area contributed by atoms with E-state index < -0.39 is 5.60 Å². The molecule has 1 aliphatic heterocycles. The zero-order valence-electron chi connectivity index (χ0n) is 25.0. The smallest absolute Gasteiger partial charge is 0.410 e. The summed E-state index contributed by atoms with van der Waals surface area (Å²) in [5, 5.41) is 2.42. The number of nitrogens with zero attached hydrogens (tertiary/aromatic N) is 2. The SMILES string of the molecule is CC(C)(C)OC(=O)N1CCC(c2ccc(CCSc3nc4ccccc4s3)cc2)C(OCc2ccc3ccccc3c2)C1. The van der Waals surface area contributed by atoms with Crippen molar-refractivity contribution in [1.29, 1.82) is 0 Å². The van der Waals surface area contributed by atoms with Crippen LogP contribution in [0.1, 0.15) is 49.8 Å². The predicted octanol–water partition coefficient (Wildman–Crippen LogP) is 9.09. The lowest BCUT2D eigenvalue weighted by Gasteiger charge is -2.39. The molecule has 2 heterocycles. The largest absolute Gasteiger partial charge is 0.444 e. The van der Waals surface area contributed by atoms with Crippen LogP contribution in [0.5, 0.6) is 0 Å². The number of likely N-dealkylation sites (tertiary alicyclic amines) is 1. The highest BCUT2D eigenvalue weighted by molar-refractivity contribution is 8.01. The van der Waals surface area contributed by atoms with E-state index in [0.717, 1.165) is 34.0 Å². The van der Waals surface area contributed by atoms with Gasteiger partial charge in [-0.25, -0.2) is 9.78 Å². The minimum Gasteiger partial charge on any atom is -0.444 e. The number of ether oxygens (including phenoxy) is 2. The highest BCUT2D eigenvalue weighted by atomic mass is 32.2. The Hall–Kier alpha value is -3.39. The standard InChI is InChI=1S/C36H38N2O3S2/c1-36(2,3)41-35(39)38-20-18-30(32(23-38)40-24-26-14-15-27-8-4-5-9-29(27)22-26)28-16-12-25(13-17-28)19-21-42-34-37-31-10-6-7-11-33(31)43-34/h4-17,22,30,32H,18-21,23-24H2,1-3H3. The zero-order valence-corrected chi connectivity index (χ0v) is 26.6. The molecule has 0 N–H and O–H groups in total. The normalized spacial score (nSPS) is 17.4. The van der Waals surface area contributed by atoms with Gasteiger partial charge in [0.25, 0.3) is 0 Å². The van der Waals surface area contributed by atoms with E-state index in [-0.39, 0.29) is 18.1 Å². The number of carbonyl (C=O) groups excluding carboxylic acids is 1. The lowest BCUT2D eigenvalue weighted by molar-refractivity contribution is -0.0359. The average molecular weight is 611 g/mol. The molecular weight excluding hydrogens is 573 g/mol. The molecule has 1 fully saturated rings. The maximum atomic E-state index is 13.0. The van der Waals surface area contributed by atoms with Crippen LogP contribution in [0.3, 0.4) is 0 Å². The molecule has 222 valence electrons. The summed E-state index contributed by atoms with van der Waals surface area (Å²) < 4.78 is 14.7. The van der Waals surface area contributed by atoms with Crippen molar-refractivity contribution in [3.63, 3.8) is 0 Å². The number of aromatic nitrogens is 1. The Morgan fingerprint density at radius 3 is 2.49 bits per heavy atom. The summed E-state index contributed by atoms with van der Waals surface area (Å²) in [5.41, 5.74) is 4.26. The van der Waals surface area contributed by atoms with Crippen LogP contribution in [-0.4, -0.2) is 46.5 Å². The van der Waals surface area contributed by atoms with Gasteiger partial charge in [-0.2, -0.15) is 0 Å². The van der Waals surface area contributed by atoms with Crippen LogP contribution in [-0.2, 0) is 22.5 Å². The van der Waals surface area contributed by atoms with E-state index in [1.807, 2.05) is 38.6 Å². The van der Waals surface area contributed by atoms with E-state index in [9.17, 15) is 4.79 Å². The minimum absolute atomic E-state index is 0.131. The quantitative estimate of drug-likeness (QED) is 0.164. The van der Waals surface area contributed by atoms with Gasteiger partial charge in [-0.3, -0.25) is 0 Å². The number of thiazole rings is 1. The van der Waals surface area contributed by atoms with Crippen LogP contribution in [0.4, 0.5) is 4.79 Å². The molecule has 4 aromatic carbocycles. The number of fused-ring (bicyclic) bond motifs is 2. The van der Waals surface area contributed by atoms with E-state index in [1.165, 1.54) is 26.6 Å². The Balaban J connectivity index is 1.12. The van der Waals surface area contributed by atoms with E-state index in [0.29, 0.717) is 19.7 Å². The van der Waals surface area contributed by atoms with Gasteiger partial charge >= 0.3 is 6.09 Å². The van der Waals surface area contributed by atoms with E-state index in [1.54, 1.807) is 16.2 Å². The van der Waals surface area contributed by atoms with Gasteiger partial charge in [-0.05, 0) is 79.3 Å².